The van der Waals surface area contributed by atoms with Crippen LogP contribution in [-0.2, 0) is 4.79 Å². The van der Waals surface area contributed by atoms with E-state index in [9.17, 15) is 25.0 Å². The molecule has 0 saturated heterocycles. The van der Waals surface area contributed by atoms with Crippen LogP contribution in [0.5, 0.6) is 5.75 Å². The average Bonchev–Trinajstić information content (AvgIpc) is 2.60. The first-order valence-corrected chi connectivity index (χ1v) is 7.32. The minimum Gasteiger partial charge on any atom is -0.495 e. The third-order valence-electron chi connectivity index (χ3n) is 3.29. The van der Waals surface area contributed by atoms with Gasteiger partial charge in [-0.25, -0.2) is 0 Å². The molecule has 0 aliphatic rings. The number of non-ortho nitro benzene ring substituents is 1. The van der Waals surface area contributed by atoms with Gasteiger partial charge in [-0.1, -0.05) is 0 Å². The number of azo groups is 1. The average molecular weight is 374 g/mol. The quantitative estimate of drug-likeness (QED) is 0.336. The van der Waals surface area contributed by atoms with Crippen LogP contribution in [0.15, 0.2) is 40.6 Å². The lowest BCUT2D eigenvalue weighted by Gasteiger charge is -2.10. The van der Waals surface area contributed by atoms with Crippen LogP contribution in [0.25, 0.3) is 0 Å². The highest BCUT2D eigenvalue weighted by atomic mass is 16.6. The number of hydrogen-bond donors (Lipinski definition) is 2. The molecule has 140 valence electrons. The van der Waals surface area contributed by atoms with E-state index >= 15 is 0 Å². The van der Waals surface area contributed by atoms with E-state index in [0.29, 0.717) is 0 Å². The third kappa shape index (κ3) is 4.50. The number of carbonyl (C=O) groups is 1. The highest BCUT2D eigenvalue weighted by Crippen LogP contribution is 2.37. The molecule has 3 N–H and O–H groups in total. The van der Waals surface area contributed by atoms with E-state index in [1.165, 1.54) is 26.2 Å². The van der Waals surface area contributed by atoms with Crippen LogP contribution in [-0.4, -0.2) is 22.9 Å². The number of nitrogens with two attached hydrogens (primary N) is 1. The summed E-state index contributed by atoms with van der Waals surface area (Å²) >= 11 is 0. The molecule has 12 nitrogen and oxygen atoms in total. The summed E-state index contributed by atoms with van der Waals surface area (Å²) in [4.78, 5) is 31.7. The number of amides is 1. The Morgan fingerprint density at radius 3 is 2.33 bits per heavy atom. The summed E-state index contributed by atoms with van der Waals surface area (Å²) in [6, 6.07) is 5.75. The molecule has 1 amide bonds. The number of nitro benzene ring substituents is 2. The zero-order chi connectivity index (χ0) is 20.1. The van der Waals surface area contributed by atoms with Gasteiger partial charge in [-0.15, -0.1) is 10.2 Å². The monoisotopic (exact) mass is 374 g/mol. The maximum atomic E-state index is 11.3. The van der Waals surface area contributed by atoms with Crippen molar-refractivity contribution in [2.75, 3.05) is 18.2 Å². The third-order valence-corrected chi connectivity index (χ3v) is 3.29. The van der Waals surface area contributed by atoms with Crippen molar-refractivity contribution in [3.05, 3.63) is 50.6 Å². The molecule has 0 spiro atoms. The van der Waals surface area contributed by atoms with Gasteiger partial charge in [0.15, 0.2) is 5.69 Å². The number of benzene rings is 2. The largest absolute Gasteiger partial charge is 0.495 e. The second kappa shape index (κ2) is 7.86. The molecule has 0 radical (unpaired) electrons. The van der Waals surface area contributed by atoms with Crippen molar-refractivity contribution in [2.45, 2.75) is 6.92 Å². The first-order valence-electron chi connectivity index (χ1n) is 7.32. The molecule has 0 heterocycles. The fourth-order valence-corrected chi connectivity index (χ4v) is 2.10. The molecule has 0 aliphatic carbocycles. The van der Waals surface area contributed by atoms with E-state index in [1.807, 2.05) is 0 Å². The van der Waals surface area contributed by atoms with E-state index < -0.39 is 27.1 Å². The number of ether oxygens (including phenoxy) is 1. The molecule has 27 heavy (non-hydrogen) atoms. The summed E-state index contributed by atoms with van der Waals surface area (Å²) in [5.41, 5.74) is 5.14. The minimum absolute atomic E-state index is 0.129. The van der Waals surface area contributed by atoms with Crippen LogP contribution in [0.2, 0.25) is 0 Å². The van der Waals surface area contributed by atoms with E-state index in [2.05, 4.69) is 15.5 Å². The molecular formula is C15H14N6O6. The van der Waals surface area contributed by atoms with E-state index in [-0.39, 0.29) is 28.5 Å². The van der Waals surface area contributed by atoms with Gasteiger partial charge in [-0.05, 0) is 12.1 Å². The molecule has 0 fully saturated rings. The van der Waals surface area contributed by atoms with Gasteiger partial charge in [0, 0.05) is 19.1 Å². The number of nitrogens with one attached hydrogen (secondary N) is 1. The van der Waals surface area contributed by atoms with Crippen molar-refractivity contribution in [3.63, 3.8) is 0 Å². The lowest BCUT2D eigenvalue weighted by atomic mass is 10.2. The predicted molar refractivity (Wildman–Crippen MR) is 95.6 cm³/mol. The number of rotatable bonds is 6. The number of nitrogen functional groups attached to an aromatic ring is 1. The second-order valence-electron chi connectivity index (χ2n) is 5.18. The Hall–Kier alpha value is -4.09. The molecule has 0 aliphatic heterocycles. The highest BCUT2D eigenvalue weighted by molar-refractivity contribution is 5.93. The maximum Gasteiger partial charge on any atom is 0.303 e. The zero-order valence-electron chi connectivity index (χ0n) is 14.2. The van der Waals surface area contributed by atoms with Crippen LogP contribution in [0.3, 0.4) is 0 Å². The lowest BCUT2D eigenvalue weighted by molar-refractivity contribution is -0.393. The molecule has 0 bridgehead atoms. The van der Waals surface area contributed by atoms with Crippen molar-refractivity contribution < 1.29 is 19.4 Å². The van der Waals surface area contributed by atoms with Gasteiger partial charge in [0.2, 0.25) is 5.91 Å². The van der Waals surface area contributed by atoms with Crippen molar-refractivity contribution in [1.82, 2.24) is 0 Å². The Bertz CT molecular complexity index is 958. The van der Waals surface area contributed by atoms with Crippen LogP contribution < -0.4 is 15.8 Å². The molecule has 2 aromatic carbocycles. The number of nitro groups is 2. The van der Waals surface area contributed by atoms with Gasteiger partial charge in [0.1, 0.15) is 11.4 Å². The molecular weight excluding hydrogens is 360 g/mol. The number of anilines is 2. The molecule has 0 unspecified atom stereocenters. The van der Waals surface area contributed by atoms with E-state index in [0.717, 1.165) is 18.2 Å². The normalized spacial score (nSPS) is 10.6. The molecule has 0 aromatic heterocycles. The summed E-state index contributed by atoms with van der Waals surface area (Å²) in [5, 5.41) is 32.1. The molecule has 0 saturated carbocycles. The molecule has 0 atom stereocenters. The minimum atomic E-state index is -0.806. The SMILES string of the molecule is COc1cc(N=Nc2ccc([N+](=O)[O-])cc2[N+](=O)[O-])c(NC(C)=O)cc1N. The second-order valence-corrected chi connectivity index (χ2v) is 5.18. The summed E-state index contributed by atoms with van der Waals surface area (Å²) in [5.74, 6) is -0.131. The fraction of sp³-hybridized carbons (Fsp3) is 0.133. The Morgan fingerprint density at radius 2 is 1.78 bits per heavy atom. The van der Waals surface area contributed by atoms with E-state index in [4.69, 9.17) is 10.5 Å². The number of nitrogens with zero attached hydrogens (tertiary/aromatic N) is 4. The standard InChI is InChI=1S/C15H14N6O6/c1-8(22)17-12-6-10(16)15(27-2)7-13(12)19-18-11-4-3-9(20(23)24)5-14(11)21(25)26/h3-7H,16H2,1-2H3,(H,17,22). The van der Waals surface area contributed by atoms with Gasteiger partial charge < -0.3 is 15.8 Å². The van der Waals surface area contributed by atoms with Crippen LogP contribution in [0.4, 0.5) is 34.1 Å². The molecule has 2 aromatic rings. The van der Waals surface area contributed by atoms with Crippen LogP contribution in [0, 0.1) is 20.2 Å². The van der Waals surface area contributed by atoms with Crippen molar-refractivity contribution in [3.8, 4) is 5.75 Å². The van der Waals surface area contributed by atoms with Gasteiger partial charge in [-0.3, -0.25) is 25.0 Å². The first kappa shape index (κ1) is 19.2. The van der Waals surface area contributed by atoms with Crippen molar-refractivity contribution in [1.29, 1.82) is 0 Å². The zero-order valence-corrected chi connectivity index (χ0v) is 14.2. The van der Waals surface area contributed by atoms with Crippen LogP contribution in [0.1, 0.15) is 6.92 Å². The Balaban J connectivity index is 2.52. The Labute approximate surface area is 152 Å². The molecule has 2 rings (SSSR count). The summed E-state index contributed by atoms with van der Waals surface area (Å²) in [7, 11) is 1.38. The van der Waals surface area contributed by atoms with Crippen LogP contribution >= 0.6 is 0 Å². The van der Waals surface area contributed by atoms with Gasteiger partial charge in [-0.2, -0.15) is 0 Å². The van der Waals surface area contributed by atoms with Gasteiger partial charge >= 0.3 is 5.69 Å². The Morgan fingerprint density at radius 1 is 1.11 bits per heavy atom. The predicted octanol–water partition coefficient (Wildman–Crippen LogP) is 3.47. The number of hydrogen-bond acceptors (Lipinski definition) is 9. The lowest BCUT2D eigenvalue weighted by Crippen LogP contribution is -2.06. The van der Waals surface area contributed by atoms with Gasteiger partial charge in [0.05, 0.1) is 34.4 Å². The smallest absolute Gasteiger partial charge is 0.303 e. The number of methoxy groups -OCH3 is 1. The summed E-state index contributed by atoms with van der Waals surface area (Å²) < 4.78 is 5.08. The fourth-order valence-electron chi connectivity index (χ4n) is 2.10. The first-order chi connectivity index (χ1) is 12.7. The van der Waals surface area contributed by atoms with Crippen molar-refractivity contribution >= 4 is 40.0 Å². The van der Waals surface area contributed by atoms with Gasteiger partial charge in [0.25, 0.3) is 5.69 Å². The Kier molecular flexibility index (Phi) is 5.60. The maximum absolute atomic E-state index is 11.3. The van der Waals surface area contributed by atoms with Crippen molar-refractivity contribution in [2.24, 2.45) is 10.2 Å². The highest BCUT2D eigenvalue weighted by Gasteiger charge is 2.19. The topological polar surface area (TPSA) is 175 Å². The summed E-state index contributed by atoms with van der Waals surface area (Å²) in [6.07, 6.45) is 0. The molecule has 12 heteroatoms. The van der Waals surface area contributed by atoms with E-state index in [1.54, 1.807) is 0 Å². The number of carbonyl (C=O) groups excluding carboxylic acids is 1. The summed E-state index contributed by atoms with van der Waals surface area (Å²) in [6.45, 7) is 1.28.